The lowest BCUT2D eigenvalue weighted by molar-refractivity contribution is 0.728. The maximum atomic E-state index is 5.88. The number of nitrogens with two attached hydrogens (primary N) is 1. The van der Waals surface area contributed by atoms with Gasteiger partial charge in [-0.1, -0.05) is 18.2 Å². The third-order valence-electron chi connectivity index (χ3n) is 3.36. The molecule has 0 saturated carbocycles. The highest BCUT2D eigenvalue weighted by Crippen LogP contribution is 2.23. The van der Waals surface area contributed by atoms with E-state index in [-0.39, 0.29) is 6.04 Å². The van der Waals surface area contributed by atoms with Crippen LogP contribution in [-0.2, 0) is 7.05 Å². The van der Waals surface area contributed by atoms with Gasteiger partial charge in [0.1, 0.15) is 0 Å². The van der Waals surface area contributed by atoms with Crippen molar-refractivity contribution < 1.29 is 0 Å². The van der Waals surface area contributed by atoms with Crippen LogP contribution in [0.4, 0.5) is 5.69 Å². The molecule has 1 heterocycles. The molecule has 1 unspecified atom stereocenters. The lowest BCUT2D eigenvalue weighted by Crippen LogP contribution is -2.21. The first-order chi connectivity index (χ1) is 8.63. The Morgan fingerprint density at radius 2 is 2.06 bits per heavy atom. The molecule has 18 heavy (non-hydrogen) atoms. The van der Waals surface area contributed by atoms with E-state index in [0.717, 1.165) is 16.9 Å². The second-order valence-corrected chi connectivity index (χ2v) is 4.56. The van der Waals surface area contributed by atoms with Crippen LogP contribution in [0.15, 0.2) is 30.5 Å². The van der Waals surface area contributed by atoms with Crippen LogP contribution in [0.1, 0.15) is 22.9 Å². The second kappa shape index (κ2) is 5.23. The molecule has 2 rings (SSSR count). The number of nitrogens with one attached hydrogen (secondary N) is 1. The molecule has 0 saturated heterocycles. The van der Waals surface area contributed by atoms with E-state index in [2.05, 4.69) is 36.4 Å². The van der Waals surface area contributed by atoms with Gasteiger partial charge in [0.05, 0.1) is 12.2 Å². The first-order valence-corrected chi connectivity index (χ1v) is 6.14. The number of hydrogen-bond acceptors (Lipinski definition) is 3. The SMILES string of the molecule is Cc1ccccc1NC(CN)c1cnn(C)c1C. The molecule has 4 heteroatoms. The van der Waals surface area contributed by atoms with Gasteiger partial charge in [-0.25, -0.2) is 0 Å². The lowest BCUT2D eigenvalue weighted by Gasteiger charge is -2.19. The molecule has 0 radical (unpaired) electrons. The molecule has 0 aliphatic rings. The van der Waals surface area contributed by atoms with Crippen LogP contribution in [0.25, 0.3) is 0 Å². The molecule has 1 aromatic carbocycles. The fraction of sp³-hybridized carbons (Fsp3) is 0.357. The summed E-state index contributed by atoms with van der Waals surface area (Å²) in [5.41, 5.74) is 10.5. The molecule has 1 aromatic heterocycles. The molecule has 1 atom stereocenters. The topological polar surface area (TPSA) is 55.9 Å². The van der Waals surface area contributed by atoms with Gasteiger partial charge in [0, 0.05) is 30.5 Å². The van der Waals surface area contributed by atoms with Crippen LogP contribution < -0.4 is 11.1 Å². The van der Waals surface area contributed by atoms with Crippen molar-refractivity contribution in [2.24, 2.45) is 12.8 Å². The number of aromatic nitrogens is 2. The third kappa shape index (κ3) is 2.38. The van der Waals surface area contributed by atoms with Crippen LogP contribution in [0.3, 0.4) is 0 Å². The predicted molar refractivity (Wildman–Crippen MR) is 74.5 cm³/mol. The molecular formula is C14H20N4. The maximum absolute atomic E-state index is 5.88. The van der Waals surface area contributed by atoms with Gasteiger partial charge < -0.3 is 11.1 Å². The quantitative estimate of drug-likeness (QED) is 0.866. The van der Waals surface area contributed by atoms with Crippen LogP contribution in [0.2, 0.25) is 0 Å². The summed E-state index contributed by atoms with van der Waals surface area (Å²) in [6, 6.07) is 8.32. The summed E-state index contributed by atoms with van der Waals surface area (Å²) >= 11 is 0. The smallest absolute Gasteiger partial charge is 0.0669 e. The summed E-state index contributed by atoms with van der Waals surface area (Å²) in [6.07, 6.45) is 1.89. The van der Waals surface area contributed by atoms with Crippen molar-refractivity contribution in [1.82, 2.24) is 9.78 Å². The van der Waals surface area contributed by atoms with Crippen LogP contribution in [0, 0.1) is 13.8 Å². The van der Waals surface area contributed by atoms with E-state index in [4.69, 9.17) is 5.73 Å². The first-order valence-electron chi connectivity index (χ1n) is 6.14. The third-order valence-corrected chi connectivity index (χ3v) is 3.36. The fourth-order valence-corrected chi connectivity index (χ4v) is 2.04. The number of benzene rings is 1. The molecule has 0 bridgehead atoms. The number of aryl methyl sites for hydroxylation is 2. The average molecular weight is 244 g/mol. The van der Waals surface area contributed by atoms with Gasteiger partial charge in [0.15, 0.2) is 0 Å². The Morgan fingerprint density at radius 1 is 1.33 bits per heavy atom. The Balaban J connectivity index is 2.25. The van der Waals surface area contributed by atoms with E-state index in [9.17, 15) is 0 Å². The van der Waals surface area contributed by atoms with Crippen LogP contribution in [0.5, 0.6) is 0 Å². The van der Waals surface area contributed by atoms with E-state index < -0.39 is 0 Å². The molecule has 4 nitrogen and oxygen atoms in total. The van der Waals surface area contributed by atoms with Crippen LogP contribution >= 0.6 is 0 Å². The Labute approximate surface area is 108 Å². The molecule has 0 aliphatic carbocycles. The summed E-state index contributed by atoms with van der Waals surface area (Å²) < 4.78 is 1.87. The average Bonchev–Trinajstić information content (AvgIpc) is 2.70. The standard InChI is InChI=1S/C14H20N4/c1-10-6-4-5-7-13(10)17-14(8-15)12-9-16-18(3)11(12)2/h4-7,9,14,17H,8,15H2,1-3H3. The van der Waals surface area contributed by atoms with E-state index in [1.165, 1.54) is 5.56 Å². The zero-order chi connectivity index (χ0) is 13.1. The van der Waals surface area contributed by atoms with E-state index in [0.29, 0.717) is 6.54 Å². The van der Waals surface area contributed by atoms with Crippen molar-refractivity contribution >= 4 is 5.69 Å². The molecule has 2 aromatic rings. The van der Waals surface area contributed by atoms with Gasteiger partial charge in [-0.2, -0.15) is 5.10 Å². The summed E-state index contributed by atoms with van der Waals surface area (Å²) in [6.45, 7) is 4.69. The van der Waals surface area contributed by atoms with Crippen molar-refractivity contribution in [2.45, 2.75) is 19.9 Å². The van der Waals surface area contributed by atoms with Crippen LogP contribution in [-0.4, -0.2) is 16.3 Å². The maximum Gasteiger partial charge on any atom is 0.0669 e. The highest BCUT2D eigenvalue weighted by Gasteiger charge is 2.15. The monoisotopic (exact) mass is 244 g/mol. The zero-order valence-electron chi connectivity index (χ0n) is 11.1. The van der Waals surface area contributed by atoms with Gasteiger partial charge in [0.25, 0.3) is 0 Å². The molecule has 0 fully saturated rings. The van der Waals surface area contributed by atoms with Gasteiger partial charge in [-0.3, -0.25) is 4.68 Å². The largest absolute Gasteiger partial charge is 0.377 e. The minimum Gasteiger partial charge on any atom is -0.377 e. The number of para-hydroxylation sites is 1. The van der Waals surface area contributed by atoms with Crippen molar-refractivity contribution in [1.29, 1.82) is 0 Å². The van der Waals surface area contributed by atoms with Gasteiger partial charge in [-0.05, 0) is 25.5 Å². The lowest BCUT2D eigenvalue weighted by atomic mass is 10.1. The molecule has 0 amide bonds. The fourth-order valence-electron chi connectivity index (χ4n) is 2.04. The molecule has 0 aliphatic heterocycles. The Morgan fingerprint density at radius 3 is 2.61 bits per heavy atom. The molecule has 96 valence electrons. The highest BCUT2D eigenvalue weighted by molar-refractivity contribution is 5.52. The van der Waals surface area contributed by atoms with Crippen molar-refractivity contribution in [3.05, 3.63) is 47.3 Å². The number of anilines is 1. The summed E-state index contributed by atoms with van der Waals surface area (Å²) in [4.78, 5) is 0. The van der Waals surface area contributed by atoms with E-state index in [1.807, 2.05) is 30.1 Å². The predicted octanol–water partition coefficient (Wildman–Crippen LogP) is 2.15. The summed E-state index contributed by atoms with van der Waals surface area (Å²) in [7, 11) is 1.94. The molecular weight excluding hydrogens is 224 g/mol. The van der Waals surface area contributed by atoms with Crippen molar-refractivity contribution in [3.63, 3.8) is 0 Å². The minimum absolute atomic E-state index is 0.0970. The second-order valence-electron chi connectivity index (χ2n) is 4.56. The minimum atomic E-state index is 0.0970. The number of hydrogen-bond donors (Lipinski definition) is 2. The molecule has 3 N–H and O–H groups in total. The highest BCUT2D eigenvalue weighted by atomic mass is 15.3. The molecule has 0 spiro atoms. The first kappa shape index (κ1) is 12.6. The van der Waals surface area contributed by atoms with Crippen molar-refractivity contribution in [3.8, 4) is 0 Å². The Hall–Kier alpha value is -1.81. The summed E-state index contributed by atoms with van der Waals surface area (Å²) in [5.74, 6) is 0. The number of rotatable bonds is 4. The number of nitrogens with zero attached hydrogens (tertiary/aromatic N) is 2. The summed E-state index contributed by atoms with van der Waals surface area (Å²) in [5, 5.41) is 7.76. The van der Waals surface area contributed by atoms with Gasteiger partial charge >= 0.3 is 0 Å². The zero-order valence-corrected chi connectivity index (χ0v) is 11.1. The van der Waals surface area contributed by atoms with E-state index in [1.54, 1.807) is 0 Å². The van der Waals surface area contributed by atoms with E-state index >= 15 is 0 Å². The van der Waals surface area contributed by atoms with Gasteiger partial charge in [0.2, 0.25) is 0 Å². The Kier molecular flexibility index (Phi) is 3.67. The normalized spacial score (nSPS) is 12.4. The Bertz CT molecular complexity index is 530. The van der Waals surface area contributed by atoms with Gasteiger partial charge in [-0.15, -0.1) is 0 Å². The van der Waals surface area contributed by atoms with Crippen molar-refractivity contribution in [2.75, 3.05) is 11.9 Å².